The first kappa shape index (κ1) is 17.0. The maximum atomic E-state index is 13.0. The second-order valence-corrected chi connectivity index (χ2v) is 9.20. The average Bonchev–Trinajstić information content (AvgIpc) is 2.54. The molecule has 120 valence electrons. The second-order valence-electron chi connectivity index (χ2n) is 7.27. The van der Waals surface area contributed by atoms with Gasteiger partial charge in [-0.15, -0.1) is 0 Å². The molecule has 2 aliphatic rings. The van der Waals surface area contributed by atoms with E-state index in [0.29, 0.717) is 11.3 Å². The first-order valence-corrected chi connectivity index (χ1v) is 9.64. The van der Waals surface area contributed by atoms with Crippen LogP contribution >= 0.6 is 0 Å². The summed E-state index contributed by atoms with van der Waals surface area (Å²) in [4.78, 5) is 0. The van der Waals surface area contributed by atoms with E-state index < -0.39 is 10.8 Å². The lowest BCUT2D eigenvalue weighted by Crippen LogP contribution is -2.41. The van der Waals surface area contributed by atoms with Crippen LogP contribution in [0.4, 0.5) is 0 Å². The predicted molar refractivity (Wildman–Crippen MR) is 86.3 cm³/mol. The van der Waals surface area contributed by atoms with Crippen molar-refractivity contribution >= 4 is 10.8 Å². The molecule has 0 radical (unpaired) electrons. The average molecular weight is 311 g/mol. The summed E-state index contributed by atoms with van der Waals surface area (Å²) < 4.78 is 18.4. The highest BCUT2D eigenvalue weighted by Gasteiger charge is 2.41. The van der Waals surface area contributed by atoms with Gasteiger partial charge in [0.15, 0.2) is 0 Å². The van der Waals surface area contributed by atoms with E-state index in [-0.39, 0.29) is 16.4 Å². The molecule has 2 fully saturated rings. The van der Waals surface area contributed by atoms with E-state index in [2.05, 4.69) is 26.8 Å². The molecule has 0 aromatic heterocycles. The molecular weight excluding hydrogens is 282 g/mol. The number of hydrogen-bond donors (Lipinski definition) is 0. The first-order valence-electron chi connectivity index (χ1n) is 8.36. The van der Waals surface area contributed by atoms with Crippen LogP contribution in [0.1, 0.15) is 59.3 Å². The molecule has 2 rings (SSSR count). The highest BCUT2D eigenvalue weighted by Crippen LogP contribution is 2.44. The van der Waals surface area contributed by atoms with Crippen molar-refractivity contribution in [2.24, 2.45) is 17.3 Å². The Kier molecular flexibility index (Phi) is 5.85. The summed E-state index contributed by atoms with van der Waals surface area (Å²) in [5, 5.41) is 9.76. The molecule has 3 nitrogen and oxygen atoms in total. The van der Waals surface area contributed by atoms with E-state index in [4.69, 9.17) is 4.74 Å². The largest absolute Gasteiger partial charge is 0.381 e. The maximum Gasteiger partial charge on any atom is 0.0668 e. The van der Waals surface area contributed by atoms with Gasteiger partial charge in [-0.05, 0) is 43.4 Å². The molecule has 1 heterocycles. The Morgan fingerprint density at radius 2 is 1.90 bits per heavy atom. The third-order valence-electron chi connectivity index (χ3n) is 5.77. The van der Waals surface area contributed by atoms with Crippen LogP contribution in [0.15, 0.2) is 0 Å². The van der Waals surface area contributed by atoms with Crippen LogP contribution in [-0.4, -0.2) is 27.9 Å². The molecule has 4 unspecified atom stereocenters. The van der Waals surface area contributed by atoms with Gasteiger partial charge in [0.05, 0.1) is 17.2 Å². The summed E-state index contributed by atoms with van der Waals surface area (Å²) in [5.74, 6) is 0.582. The molecule has 4 atom stereocenters. The normalized spacial score (nSPS) is 33.3. The summed E-state index contributed by atoms with van der Waals surface area (Å²) in [6, 6.07) is 2.44. The van der Waals surface area contributed by atoms with Gasteiger partial charge in [0.2, 0.25) is 0 Å². The highest BCUT2D eigenvalue weighted by molar-refractivity contribution is 7.86. The number of nitrogens with zero attached hydrogens (tertiary/aromatic N) is 1. The van der Waals surface area contributed by atoms with Crippen molar-refractivity contribution in [2.75, 3.05) is 13.2 Å². The van der Waals surface area contributed by atoms with Crippen LogP contribution in [-0.2, 0) is 15.5 Å². The van der Waals surface area contributed by atoms with E-state index in [0.717, 1.165) is 51.7 Å². The zero-order chi connectivity index (χ0) is 15.5. The van der Waals surface area contributed by atoms with Crippen LogP contribution in [0, 0.1) is 28.6 Å². The van der Waals surface area contributed by atoms with Crippen LogP contribution in [0.5, 0.6) is 0 Å². The van der Waals surface area contributed by atoms with Crippen molar-refractivity contribution in [2.45, 2.75) is 69.8 Å². The third-order valence-corrected chi connectivity index (χ3v) is 8.02. The van der Waals surface area contributed by atoms with E-state index in [9.17, 15) is 9.47 Å². The van der Waals surface area contributed by atoms with E-state index >= 15 is 0 Å². The smallest absolute Gasteiger partial charge is 0.0668 e. The fourth-order valence-corrected chi connectivity index (χ4v) is 5.78. The lowest BCUT2D eigenvalue weighted by Gasteiger charge is -2.42. The van der Waals surface area contributed by atoms with Crippen molar-refractivity contribution in [3.8, 4) is 6.07 Å². The molecule has 1 saturated heterocycles. The number of ether oxygens (including phenoxy) is 1. The van der Waals surface area contributed by atoms with Crippen molar-refractivity contribution in [3.63, 3.8) is 0 Å². The summed E-state index contributed by atoms with van der Waals surface area (Å²) in [5.41, 5.74) is 0.290. The Bertz CT molecular complexity index is 410. The molecule has 0 aromatic carbocycles. The molecule has 0 amide bonds. The van der Waals surface area contributed by atoms with Crippen molar-refractivity contribution in [3.05, 3.63) is 0 Å². The molecule has 0 N–H and O–H groups in total. The van der Waals surface area contributed by atoms with Crippen LogP contribution < -0.4 is 0 Å². The molecule has 1 aliphatic heterocycles. The Morgan fingerprint density at radius 1 is 1.24 bits per heavy atom. The van der Waals surface area contributed by atoms with Gasteiger partial charge >= 0.3 is 0 Å². The quantitative estimate of drug-likeness (QED) is 0.796. The van der Waals surface area contributed by atoms with Gasteiger partial charge in [-0.1, -0.05) is 27.2 Å². The minimum absolute atomic E-state index is 0.0161. The van der Waals surface area contributed by atoms with Gasteiger partial charge < -0.3 is 4.74 Å². The monoisotopic (exact) mass is 311 g/mol. The SMILES string of the molecule is CCC(C)(C)C1CCC(C#N)C(S(=O)C2CCOCC2)C1. The Balaban J connectivity index is 2.09. The van der Waals surface area contributed by atoms with Gasteiger partial charge in [0, 0.05) is 29.3 Å². The Morgan fingerprint density at radius 3 is 2.48 bits per heavy atom. The van der Waals surface area contributed by atoms with Crippen LogP contribution in [0.25, 0.3) is 0 Å². The van der Waals surface area contributed by atoms with Gasteiger partial charge in [-0.3, -0.25) is 4.21 Å². The molecular formula is C17H29NO2S. The number of rotatable bonds is 4. The second kappa shape index (κ2) is 7.24. The molecule has 21 heavy (non-hydrogen) atoms. The van der Waals surface area contributed by atoms with Crippen molar-refractivity contribution in [1.29, 1.82) is 5.26 Å². The Hall–Kier alpha value is -0.400. The highest BCUT2D eigenvalue weighted by atomic mass is 32.2. The van der Waals surface area contributed by atoms with Gasteiger partial charge in [-0.25, -0.2) is 0 Å². The van der Waals surface area contributed by atoms with Crippen LogP contribution in [0.2, 0.25) is 0 Å². The molecule has 1 saturated carbocycles. The lowest BCUT2D eigenvalue weighted by atomic mass is 9.67. The summed E-state index contributed by atoms with van der Waals surface area (Å²) in [6.07, 6.45) is 5.92. The minimum atomic E-state index is -0.883. The molecule has 4 heteroatoms. The Labute approximate surface area is 131 Å². The lowest BCUT2D eigenvalue weighted by molar-refractivity contribution is 0.0983. The standard InChI is InChI=1S/C17H29NO2S/c1-4-17(2,3)14-6-5-13(12-18)16(11-14)21(19)15-7-9-20-10-8-15/h13-16H,4-11H2,1-3H3. The summed E-state index contributed by atoms with van der Waals surface area (Å²) >= 11 is 0. The first-order chi connectivity index (χ1) is 9.99. The number of hydrogen-bond acceptors (Lipinski definition) is 3. The van der Waals surface area contributed by atoms with E-state index in [1.165, 1.54) is 0 Å². The molecule has 0 spiro atoms. The van der Waals surface area contributed by atoms with Crippen molar-refractivity contribution in [1.82, 2.24) is 0 Å². The fourth-order valence-electron chi connectivity index (χ4n) is 3.69. The minimum Gasteiger partial charge on any atom is -0.381 e. The van der Waals surface area contributed by atoms with Gasteiger partial charge in [-0.2, -0.15) is 5.26 Å². The molecule has 0 bridgehead atoms. The van der Waals surface area contributed by atoms with Crippen LogP contribution in [0.3, 0.4) is 0 Å². The zero-order valence-corrected chi connectivity index (χ0v) is 14.5. The molecule has 1 aliphatic carbocycles. The topological polar surface area (TPSA) is 50.1 Å². The summed E-state index contributed by atoms with van der Waals surface area (Å²) in [7, 11) is -0.883. The molecule has 0 aromatic rings. The van der Waals surface area contributed by atoms with E-state index in [1.807, 2.05) is 0 Å². The maximum absolute atomic E-state index is 13.0. The summed E-state index contributed by atoms with van der Waals surface area (Å²) in [6.45, 7) is 8.33. The zero-order valence-electron chi connectivity index (χ0n) is 13.6. The van der Waals surface area contributed by atoms with E-state index in [1.54, 1.807) is 0 Å². The number of nitriles is 1. The predicted octanol–water partition coefficient (Wildman–Crippen LogP) is 3.66. The van der Waals surface area contributed by atoms with Crippen molar-refractivity contribution < 1.29 is 8.95 Å². The fraction of sp³-hybridized carbons (Fsp3) is 0.941. The third kappa shape index (κ3) is 3.87. The van der Waals surface area contributed by atoms with Gasteiger partial charge in [0.1, 0.15) is 0 Å². The van der Waals surface area contributed by atoms with Gasteiger partial charge in [0.25, 0.3) is 0 Å².